The SMILES string of the molecule is C=C(C)CC(=O)N1CCC=C(c2ccc3oc(C(=O)N(C)C)cc3c2)C1.CC.CN(C)C(=O)c1cc2cc(C3=CCCN(C(=O)CCc4ccncc4)C3)ccc2o1.CN(C)C(=O)c1cc2ccc(C3=CCCN(C(=O)Cn4ccccc4=O)C3)cc2[nH]1. The van der Waals surface area contributed by atoms with Crippen molar-refractivity contribution in [1.82, 2.24) is 43.9 Å². The van der Waals surface area contributed by atoms with Gasteiger partial charge < -0.3 is 47.8 Å². The highest BCUT2D eigenvalue weighted by Crippen LogP contribution is 2.31. The third-order valence-electron chi connectivity index (χ3n) is 15.2. The monoisotopic (exact) mass is 1190 g/mol. The van der Waals surface area contributed by atoms with Crippen molar-refractivity contribution in [2.24, 2.45) is 0 Å². The number of fused-ring (bicyclic) bond motifs is 3. The molecule has 18 nitrogen and oxygen atoms in total. The number of nitrogens with zero attached hydrogens (tertiary/aromatic N) is 8. The summed E-state index contributed by atoms with van der Waals surface area (Å²) in [6, 6.07) is 32.0. The molecule has 0 saturated heterocycles. The molecule has 3 aromatic carbocycles. The number of aromatic amines is 1. The Morgan fingerprint density at radius 1 is 0.568 bits per heavy atom. The number of amides is 6. The number of aryl methyl sites for hydroxylation is 1. The summed E-state index contributed by atoms with van der Waals surface area (Å²) in [6.45, 7) is 13.6. The predicted molar refractivity (Wildman–Crippen MR) is 346 cm³/mol. The van der Waals surface area contributed by atoms with E-state index in [1.54, 1.807) is 90.0 Å². The van der Waals surface area contributed by atoms with Crippen molar-refractivity contribution in [2.45, 2.75) is 65.8 Å². The van der Waals surface area contributed by atoms with E-state index >= 15 is 0 Å². The number of hydrogen-bond acceptors (Lipinski definition) is 10. The molecule has 8 heterocycles. The molecule has 8 aromatic rings. The van der Waals surface area contributed by atoms with Crippen LogP contribution < -0.4 is 5.56 Å². The van der Waals surface area contributed by atoms with Gasteiger partial charge in [-0.05, 0) is 138 Å². The number of hydrogen-bond donors (Lipinski definition) is 1. The average molecular weight is 1190 g/mol. The van der Waals surface area contributed by atoms with Crippen molar-refractivity contribution in [2.75, 3.05) is 81.6 Å². The molecule has 5 aromatic heterocycles. The first-order chi connectivity index (χ1) is 42.3. The molecular formula is C70H79N9O9. The highest BCUT2D eigenvalue weighted by Gasteiger charge is 2.24. The van der Waals surface area contributed by atoms with Gasteiger partial charge in [-0.15, -0.1) is 0 Å². The molecule has 0 spiro atoms. The lowest BCUT2D eigenvalue weighted by Gasteiger charge is -2.28. The summed E-state index contributed by atoms with van der Waals surface area (Å²) in [5.41, 5.74) is 11.1. The van der Waals surface area contributed by atoms with E-state index in [0.717, 1.165) is 105 Å². The number of furan rings is 2. The van der Waals surface area contributed by atoms with E-state index in [2.05, 4.69) is 34.8 Å². The number of rotatable bonds is 13. The van der Waals surface area contributed by atoms with Gasteiger partial charge >= 0.3 is 0 Å². The second-order valence-corrected chi connectivity index (χ2v) is 22.5. The van der Waals surface area contributed by atoms with Gasteiger partial charge in [0.05, 0.1) is 0 Å². The number of nitrogens with one attached hydrogen (secondary N) is 1. The van der Waals surface area contributed by atoms with Gasteiger partial charge in [0.2, 0.25) is 17.7 Å². The fourth-order valence-electron chi connectivity index (χ4n) is 10.5. The van der Waals surface area contributed by atoms with Crippen molar-refractivity contribution in [3.63, 3.8) is 0 Å². The van der Waals surface area contributed by atoms with Gasteiger partial charge in [-0.3, -0.25) is 38.5 Å². The lowest BCUT2D eigenvalue weighted by Crippen LogP contribution is -2.39. The van der Waals surface area contributed by atoms with E-state index in [9.17, 15) is 33.6 Å². The van der Waals surface area contributed by atoms with Crippen LogP contribution in [0.2, 0.25) is 0 Å². The second-order valence-electron chi connectivity index (χ2n) is 22.5. The van der Waals surface area contributed by atoms with E-state index in [4.69, 9.17) is 8.83 Å². The van der Waals surface area contributed by atoms with Crippen molar-refractivity contribution in [3.8, 4) is 0 Å². The van der Waals surface area contributed by atoms with Gasteiger partial charge in [0.15, 0.2) is 11.5 Å². The summed E-state index contributed by atoms with van der Waals surface area (Å²) >= 11 is 0. The van der Waals surface area contributed by atoms with E-state index in [0.29, 0.717) is 67.4 Å². The van der Waals surface area contributed by atoms with Crippen LogP contribution in [0.3, 0.4) is 0 Å². The Labute approximate surface area is 513 Å². The number of benzene rings is 3. The molecular weight excluding hydrogens is 1110 g/mol. The zero-order chi connectivity index (χ0) is 63.2. The Bertz CT molecular complexity index is 4020. The van der Waals surface area contributed by atoms with Crippen molar-refractivity contribution >= 4 is 85.0 Å². The fraction of sp³-hybridized carbons (Fsp3) is 0.314. The van der Waals surface area contributed by atoms with Crippen molar-refractivity contribution in [3.05, 3.63) is 202 Å². The van der Waals surface area contributed by atoms with Crippen LogP contribution in [0.25, 0.3) is 49.6 Å². The molecule has 0 aliphatic carbocycles. The summed E-state index contributed by atoms with van der Waals surface area (Å²) in [5.74, 6) is 0.487. The van der Waals surface area contributed by atoms with Crippen LogP contribution in [0, 0.1) is 0 Å². The standard InChI is InChI=1S/C24H25N3O3.C23H24N4O3.C21H24N2O3.C2H6/c1-26(2)24(29)22-15-20-14-18(6-7-21(20)30-22)19-4-3-13-27(16-19)23(28)8-5-17-9-11-25-12-10-17;1-25(2)23(30)20-13-17-9-8-16(12-19(17)24-20)18-6-5-11-26(14-18)22(29)15-27-10-4-3-7-21(27)28;1-14(2)10-20(24)23-9-5-6-16(13-23)15-7-8-18-17(11-15)12-19(26-18)21(25)22(3)4;1-2/h4,6-7,9-12,14-15H,3,5,8,13,16H2,1-2H3;3-4,6-10,12-13,24H,5,11,14-15H2,1-2H3;6-8,11-12H,1,5,9-10,13H2,2-4H3;1-2H3. The van der Waals surface area contributed by atoms with Gasteiger partial charge in [-0.1, -0.05) is 74.6 Å². The fourth-order valence-corrected chi connectivity index (χ4v) is 10.5. The van der Waals surface area contributed by atoms with Crippen LogP contribution in [0.4, 0.5) is 0 Å². The van der Waals surface area contributed by atoms with Gasteiger partial charge in [-0.2, -0.15) is 0 Å². The number of pyridine rings is 2. The average Bonchev–Trinajstić information content (AvgIpc) is 2.57. The van der Waals surface area contributed by atoms with Gasteiger partial charge in [0, 0.05) is 141 Å². The maximum absolute atomic E-state index is 12.7. The maximum atomic E-state index is 12.7. The Hall–Kier alpha value is -9.84. The lowest BCUT2D eigenvalue weighted by molar-refractivity contribution is -0.131. The zero-order valence-electron chi connectivity index (χ0n) is 51.9. The molecule has 88 heavy (non-hydrogen) atoms. The Kier molecular flexibility index (Phi) is 21.5. The number of aromatic nitrogens is 3. The van der Waals surface area contributed by atoms with Crippen molar-refractivity contribution < 1.29 is 37.6 Å². The second kappa shape index (κ2) is 29.5. The van der Waals surface area contributed by atoms with Gasteiger partial charge in [-0.25, -0.2) is 0 Å². The highest BCUT2D eigenvalue weighted by molar-refractivity contribution is 6.00. The smallest absolute Gasteiger partial charge is 0.289 e. The molecule has 3 aliphatic rings. The summed E-state index contributed by atoms with van der Waals surface area (Å²) < 4.78 is 12.8. The lowest BCUT2D eigenvalue weighted by atomic mass is 9.99. The van der Waals surface area contributed by atoms with E-state index in [1.807, 2.05) is 103 Å². The normalized spacial score (nSPS) is 13.8. The molecule has 0 unspecified atom stereocenters. The van der Waals surface area contributed by atoms with E-state index in [-0.39, 0.29) is 47.5 Å². The molecule has 3 aliphatic heterocycles. The van der Waals surface area contributed by atoms with Crippen LogP contribution in [-0.2, 0) is 27.3 Å². The zero-order valence-corrected chi connectivity index (χ0v) is 51.9. The summed E-state index contributed by atoms with van der Waals surface area (Å²) in [6.07, 6.45) is 15.7. The largest absolute Gasteiger partial charge is 0.451 e. The molecule has 11 rings (SSSR count). The van der Waals surface area contributed by atoms with Crippen molar-refractivity contribution in [1.29, 1.82) is 0 Å². The van der Waals surface area contributed by atoms with Crippen LogP contribution in [0.15, 0.2) is 166 Å². The molecule has 0 radical (unpaired) electrons. The molecule has 18 heteroatoms. The molecule has 0 fully saturated rings. The number of H-pyrrole nitrogens is 1. The molecule has 0 bridgehead atoms. The molecule has 1 N–H and O–H groups in total. The maximum Gasteiger partial charge on any atom is 0.289 e. The topological polar surface area (TPSA) is 199 Å². The number of carbonyl (C=O) groups is 6. The van der Waals surface area contributed by atoms with Crippen LogP contribution in [0.1, 0.15) is 107 Å². The van der Waals surface area contributed by atoms with E-state index in [1.165, 1.54) is 25.3 Å². The molecule has 0 atom stereocenters. The summed E-state index contributed by atoms with van der Waals surface area (Å²) in [5, 5.41) is 2.75. The third-order valence-corrected chi connectivity index (χ3v) is 15.2. The van der Waals surface area contributed by atoms with Gasteiger partial charge in [0.1, 0.15) is 23.4 Å². The van der Waals surface area contributed by atoms with Crippen LogP contribution in [0.5, 0.6) is 0 Å². The van der Waals surface area contributed by atoms with E-state index < -0.39 is 0 Å². The Morgan fingerprint density at radius 2 is 1.06 bits per heavy atom. The quantitative estimate of drug-likeness (QED) is 0.108. The Balaban J connectivity index is 0.000000169. The molecule has 0 saturated carbocycles. The van der Waals surface area contributed by atoms with Gasteiger partial charge in [0.25, 0.3) is 23.3 Å². The first-order valence-electron chi connectivity index (χ1n) is 29.7. The third kappa shape index (κ3) is 16.2. The number of carbonyl (C=O) groups excluding carboxylic acids is 6. The highest BCUT2D eigenvalue weighted by atomic mass is 16.4. The molecule has 458 valence electrons. The minimum absolute atomic E-state index is 0.0403. The first kappa shape index (κ1) is 64.2. The van der Waals surface area contributed by atoms with Crippen LogP contribution in [-0.4, -0.2) is 161 Å². The first-order valence-corrected chi connectivity index (χ1v) is 29.7. The summed E-state index contributed by atoms with van der Waals surface area (Å²) in [7, 11) is 10.2. The predicted octanol–water partition coefficient (Wildman–Crippen LogP) is 10.9. The molecule has 6 amide bonds. The Morgan fingerprint density at radius 3 is 1.56 bits per heavy atom. The minimum Gasteiger partial charge on any atom is -0.451 e. The minimum atomic E-state index is -0.182. The van der Waals surface area contributed by atoms with Crippen LogP contribution >= 0.6 is 0 Å². The summed E-state index contributed by atoms with van der Waals surface area (Å²) in [4.78, 5) is 103.